The van der Waals surface area contributed by atoms with Crippen LogP contribution in [0.2, 0.25) is 0 Å². The van der Waals surface area contributed by atoms with Gasteiger partial charge in [0.05, 0.1) is 5.69 Å². The van der Waals surface area contributed by atoms with Crippen molar-refractivity contribution >= 4 is 0 Å². The monoisotopic (exact) mass is 419 g/mol. The van der Waals surface area contributed by atoms with Gasteiger partial charge in [-0.15, -0.1) is 0 Å². The first-order valence-electron chi connectivity index (χ1n) is 11.1. The molecular weight excluding hydrogens is 384 g/mol. The lowest BCUT2D eigenvalue weighted by molar-refractivity contribution is 0.217. The summed E-state index contributed by atoms with van der Waals surface area (Å²) in [6.45, 7) is 16.7. The van der Waals surface area contributed by atoms with Gasteiger partial charge in [0.25, 0.3) is 5.56 Å². The molecule has 0 spiro atoms. The number of benzene rings is 1. The van der Waals surface area contributed by atoms with Gasteiger partial charge in [-0.2, -0.15) is 0 Å². The minimum absolute atomic E-state index is 0.00809. The summed E-state index contributed by atoms with van der Waals surface area (Å²) in [5.41, 5.74) is 1.42. The molecule has 0 saturated heterocycles. The normalized spacial score (nSPS) is 23.5. The van der Waals surface area contributed by atoms with E-state index in [0.717, 1.165) is 30.2 Å². The number of aromatic nitrogens is 2. The minimum atomic E-state index is -0.981. The zero-order chi connectivity index (χ0) is 22.4. The summed E-state index contributed by atoms with van der Waals surface area (Å²) in [6, 6.07) is 3.94. The summed E-state index contributed by atoms with van der Waals surface area (Å²) in [5, 5.41) is 0. The Morgan fingerprint density at radius 1 is 1.10 bits per heavy atom. The van der Waals surface area contributed by atoms with Gasteiger partial charge < -0.3 is 4.90 Å². The summed E-state index contributed by atoms with van der Waals surface area (Å²) in [5.74, 6) is -1.74. The number of rotatable bonds is 4. The summed E-state index contributed by atoms with van der Waals surface area (Å²) in [4.78, 5) is 15.4. The van der Waals surface area contributed by atoms with Crippen molar-refractivity contribution in [2.45, 2.75) is 65.7 Å². The number of fused-ring (bicyclic) bond motifs is 5. The Morgan fingerprint density at radius 2 is 1.70 bits per heavy atom. The Kier molecular flexibility index (Phi) is 6.02. The summed E-state index contributed by atoms with van der Waals surface area (Å²) < 4.78 is 30.8. The number of hydrogen-bond acceptors (Lipinski definition) is 2. The van der Waals surface area contributed by atoms with E-state index in [-0.39, 0.29) is 28.0 Å². The van der Waals surface area contributed by atoms with Crippen LogP contribution in [0.4, 0.5) is 8.78 Å². The molecule has 0 N–H and O–H groups in total. The fraction of sp³-hybridized carbons (Fsp3) is 0.625. The predicted octanol–water partition coefficient (Wildman–Crippen LogP) is 4.98. The fourth-order valence-electron chi connectivity index (χ4n) is 5.62. The van der Waals surface area contributed by atoms with Crippen LogP contribution in [-0.4, -0.2) is 33.9 Å². The van der Waals surface area contributed by atoms with Gasteiger partial charge in [-0.05, 0) is 55.9 Å². The van der Waals surface area contributed by atoms with Crippen molar-refractivity contribution in [2.24, 2.45) is 12.5 Å². The lowest BCUT2D eigenvalue weighted by atomic mass is 9.70. The molecule has 1 fully saturated rings. The predicted molar refractivity (Wildman–Crippen MR) is 117 cm³/mol. The van der Waals surface area contributed by atoms with Crippen molar-refractivity contribution < 1.29 is 8.78 Å². The molecule has 1 saturated carbocycles. The van der Waals surface area contributed by atoms with Crippen LogP contribution >= 0.6 is 0 Å². The Bertz CT molecular complexity index is 982. The topological polar surface area (TPSA) is 30.2 Å². The van der Waals surface area contributed by atoms with Crippen molar-refractivity contribution in [2.75, 3.05) is 19.6 Å². The zero-order valence-corrected chi connectivity index (χ0v) is 19.4. The van der Waals surface area contributed by atoms with E-state index in [4.69, 9.17) is 0 Å². The molecular formula is C24H35F2N3O. The maximum Gasteiger partial charge on any atom is 0.275 e. The van der Waals surface area contributed by atoms with Crippen LogP contribution in [0.5, 0.6) is 0 Å². The van der Waals surface area contributed by atoms with Gasteiger partial charge in [-0.1, -0.05) is 47.6 Å². The van der Waals surface area contributed by atoms with Crippen molar-refractivity contribution in [3.63, 3.8) is 0 Å². The second kappa shape index (κ2) is 7.95. The molecule has 2 bridgehead atoms. The highest BCUT2D eigenvalue weighted by atomic mass is 19.2. The third-order valence-electron chi connectivity index (χ3n) is 7.90. The molecule has 0 amide bonds. The van der Waals surface area contributed by atoms with Crippen LogP contribution < -0.4 is 5.56 Å². The Labute approximate surface area is 178 Å². The highest BCUT2D eigenvalue weighted by Crippen LogP contribution is 2.66. The van der Waals surface area contributed by atoms with E-state index >= 15 is 0 Å². The van der Waals surface area contributed by atoms with E-state index in [9.17, 15) is 13.6 Å². The highest BCUT2D eigenvalue weighted by molar-refractivity contribution is 5.47. The molecule has 1 heterocycles. The van der Waals surface area contributed by atoms with Gasteiger partial charge in [0.15, 0.2) is 11.6 Å². The Morgan fingerprint density at radius 3 is 2.20 bits per heavy atom. The Balaban J connectivity index is 0.000000318. The third kappa shape index (κ3) is 3.06. The number of hydrogen-bond donors (Lipinski definition) is 0. The molecule has 0 unspecified atom stereocenters. The molecule has 2 aromatic rings. The summed E-state index contributed by atoms with van der Waals surface area (Å²) in [6.07, 6.45) is 1.99. The molecule has 166 valence electrons. The Hall–Kier alpha value is -1.95. The van der Waals surface area contributed by atoms with Crippen molar-refractivity contribution in [3.05, 3.63) is 51.4 Å². The molecule has 0 aliphatic heterocycles. The van der Waals surface area contributed by atoms with Gasteiger partial charge in [0.1, 0.15) is 5.69 Å². The first kappa shape index (κ1) is 22.7. The third-order valence-corrected chi connectivity index (χ3v) is 7.90. The lowest BCUT2D eigenvalue weighted by Gasteiger charge is -2.36. The highest BCUT2D eigenvalue weighted by Gasteiger charge is 2.62. The van der Waals surface area contributed by atoms with E-state index in [2.05, 4.69) is 46.4 Å². The largest absolute Gasteiger partial charge is 0.304 e. The van der Waals surface area contributed by atoms with Crippen LogP contribution in [0.25, 0.3) is 5.69 Å². The zero-order valence-electron chi connectivity index (χ0n) is 19.4. The maximum absolute atomic E-state index is 14.2. The molecule has 30 heavy (non-hydrogen) atoms. The summed E-state index contributed by atoms with van der Waals surface area (Å²) >= 11 is 0. The summed E-state index contributed by atoms with van der Waals surface area (Å²) in [7, 11) is 1.77. The van der Waals surface area contributed by atoms with Crippen molar-refractivity contribution in [1.82, 2.24) is 14.3 Å². The fourth-order valence-corrected chi connectivity index (χ4v) is 5.62. The smallest absolute Gasteiger partial charge is 0.275 e. The lowest BCUT2D eigenvalue weighted by Crippen LogP contribution is -2.35. The van der Waals surface area contributed by atoms with E-state index in [0.29, 0.717) is 0 Å². The van der Waals surface area contributed by atoms with Crippen LogP contribution in [-0.2, 0) is 12.5 Å². The van der Waals surface area contributed by atoms with E-state index in [1.807, 2.05) is 0 Å². The first-order chi connectivity index (χ1) is 14.1. The van der Waals surface area contributed by atoms with Crippen molar-refractivity contribution in [3.8, 4) is 5.69 Å². The van der Waals surface area contributed by atoms with E-state index in [1.165, 1.54) is 36.4 Å². The van der Waals surface area contributed by atoms with Gasteiger partial charge in [0.2, 0.25) is 0 Å². The quantitative estimate of drug-likeness (QED) is 0.700. The molecule has 4 rings (SSSR count). The molecule has 2 aliphatic rings. The molecule has 1 aromatic carbocycles. The molecule has 6 heteroatoms. The first-order valence-corrected chi connectivity index (χ1v) is 11.1. The molecule has 0 radical (unpaired) electrons. The molecule has 2 atom stereocenters. The van der Waals surface area contributed by atoms with Gasteiger partial charge in [-0.25, -0.2) is 13.5 Å². The minimum Gasteiger partial charge on any atom is -0.304 e. The van der Waals surface area contributed by atoms with Gasteiger partial charge in [-0.3, -0.25) is 9.48 Å². The van der Waals surface area contributed by atoms with E-state index in [1.54, 1.807) is 11.7 Å². The average Bonchev–Trinajstić information content (AvgIpc) is 3.17. The average molecular weight is 420 g/mol. The van der Waals surface area contributed by atoms with Crippen LogP contribution in [0.3, 0.4) is 0 Å². The van der Waals surface area contributed by atoms with Crippen LogP contribution in [0, 0.1) is 17.0 Å². The second-order valence-electron chi connectivity index (χ2n) is 9.24. The maximum atomic E-state index is 14.2. The SMILES string of the molecule is CCN(CC)CC.Cn1c2c(c(=O)n1-c1cccc(F)c1F)[C@H]1CC[C@]2(C)C1(C)C. The van der Waals surface area contributed by atoms with Crippen LogP contribution in [0.1, 0.15) is 71.6 Å². The second-order valence-corrected chi connectivity index (χ2v) is 9.24. The standard InChI is InChI=1S/C18H20F2N2O.C6H15N/c1-17(2)10-8-9-18(17,3)15-13(10)16(23)22(21(15)4)12-7-5-6-11(19)14(12)20;1-4-7(5-2)6-3/h5-7,10H,8-9H2,1-4H3;4-6H2,1-3H3/t10-,18+;/m1./s1. The molecule has 2 aliphatic carbocycles. The number of nitrogens with zero attached hydrogens (tertiary/aromatic N) is 3. The van der Waals surface area contributed by atoms with Crippen LogP contribution in [0.15, 0.2) is 23.0 Å². The van der Waals surface area contributed by atoms with Gasteiger partial charge in [0, 0.05) is 18.0 Å². The molecule has 1 aromatic heterocycles. The van der Waals surface area contributed by atoms with Gasteiger partial charge >= 0.3 is 0 Å². The number of halogens is 2. The molecule has 4 nitrogen and oxygen atoms in total. The van der Waals surface area contributed by atoms with Crippen molar-refractivity contribution in [1.29, 1.82) is 0 Å². The van der Waals surface area contributed by atoms with E-state index < -0.39 is 11.6 Å².